The second kappa shape index (κ2) is 6.08. The fourth-order valence-corrected chi connectivity index (χ4v) is 2.64. The molecule has 2 rings (SSSR count). The maximum absolute atomic E-state index is 11.3. The Bertz CT molecular complexity index is 469. The summed E-state index contributed by atoms with van der Waals surface area (Å²) in [5.41, 5.74) is 0. The molecule has 2 aliphatic rings. The van der Waals surface area contributed by atoms with Gasteiger partial charge in [0.05, 0.1) is 7.11 Å². The van der Waals surface area contributed by atoms with Crippen molar-refractivity contribution in [1.82, 2.24) is 0 Å². The Labute approximate surface area is 129 Å². The van der Waals surface area contributed by atoms with E-state index < -0.39 is 42.0 Å². The largest absolute Gasteiger partial charge is 0.466 e. The van der Waals surface area contributed by atoms with Crippen molar-refractivity contribution in [3.05, 3.63) is 12.2 Å². The zero-order valence-electron chi connectivity index (χ0n) is 13.4. The first kappa shape index (κ1) is 17.1. The third-order valence-corrected chi connectivity index (χ3v) is 3.41. The Morgan fingerprint density at radius 1 is 0.955 bits per heavy atom. The molecule has 2 fully saturated rings. The number of aldehydes is 1. The standard InChI is InChI=1S/C15H22O7/c1-14(2)19-9(6-7-11(17)18-5)12(21-14)13-10(8-16)20-15(3,4)22-13/h6-10,12-13H,1-5H3/b7-6-/t9-,10+,12+,13+/m0/s1. The number of hydrogen-bond donors (Lipinski definition) is 0. The topological polar surface area (TPSA) is 80.3 Å². The molecular formula is C15H22O7. The molecule has 0 bridgehead atoms. The molecule has 0 aromatic carbocycles. The molecule has 7 heteroatoms. The van der Waals surface area contributed by atoms with Crippen molar-refractivity contribution in [3.8, 4) is 0 Å². The Hall–Kier alpha value is -1.28. The Kier molecular flexibility index (Phi) is 4.72. The predicted molar refractivity (Wildman–Crippen MR) is 74.9 cm³/mol. The Morgan fingerprint density at radius 3 is 1.95 bits per heavy atom. The van der Waals surface area contributed by atoms with E-state index in [4.69, 9.17) is 18.9 Å². The van der Waals surface area contributed by atoms with Gasteiger partial charge in [-0.2, -0.15) is 0 Å². The second-order valence-electron chi connectivity index (χ2n) is 6.15. The lowest BCUT2D eigenvalue weighted by Gasteiger charge is -2.23. The molecule has 124 valence electrons. The first-order valence-electron chi connectivity index (χ1n) is 7.10. The third-order valence-electron chi connectivity index (χ3n) is 3.41. The van der Waals surface area contributed by atoms with Crippen LogP contribution in [0.25, 0.3) is 0 Å². The molecule has 22 heavy (non-hydrogen) atoms. The molecule has 0 spiro atoms. The normalized spacial score (nSPS) is 36.6. The van der Waals surface area contributed by atoms with E-state index in [9.17, 15) is 9.59 Å². The first-order valence-corrected chi connectivity index (χ1v) is 7.10. The zero-order chi connectivity index (χ0) is 16.5. The van der Waals surface area contributed by atoms with Crippen molar-refractivity contribution in [2.75, 3.05) is 7.11 Å². The summed E-state index contributed by atoms with van der Waals surface area (Å²) >= 11 is 0. The van der Waals surface area contributed by atoms with Crippen LogP contribution in [-0.2, 0) is 33.3 Å². The van der Waals surface area contributed by atoms with Crippen LogP contribution in [0.1, 0.15) is 27.7 Å². The summed E-state index contributed by atoms with van der Waals surface area (Å²) in [4.78, 5) is 22.5. The lowest BCUT2D eigenvalue weighted by Crippen LogP contribution is -2.42. The van der Waals surface area contributed by atoms with Gasteiger partial charge < -0.3 is 28.5 Å². The van der Waals surface area contributed by atoms with Gasteiger partial charge in [0.1, 0.15) is 24.4 Å². The molecule has 0 amide bonds. The molecular weight excluding hydrogens is 292 g/mol. The number of carbonyl (C=O) groups excluding carboxylic acids is 2. The highest BCUT2D eigenvalue weighted by molar-refractivity contribution is 5.81. The molecule has 4 atom stereocenters. The SMILES string of the molecule is COC(=O)/C=C\[C@@H]1OC(C)(C)O[C@H]1[C@@H]1OC(C)(C)O[C@@H]1C=O. The van der Waals surface area contributed by atoms with Crippen LogP contribution in [0.2, 0.25) is 0 Å². The summed E-state index contributed by atoms with van der Waals surface area (Å²) in [7, 11) is 1.29. The highest BCUT2D eigenvalue weighted by Crippen LogP contribution is 2.38. The third kappa shape index (κ3) is 3.73. The molecule has 0 unspecified atom stereocenters. The lowest BCUT2D eigenvalue weighted by molar-refractivity contribution is -0.175. The maximum atomic E-state index is 11.3. The second-order valence-corrected chi connectivity index (χ2v) is 6.15. The van der Waals surface area contributed by atoms with E-state index in [0.717, 1.165) is 0 Å². The maximum Gasteiger partial charge on any atom is 0.330 e. The van der Waals surface area contributed by atoms with E-state index in [1.807, 2.05) is 0 Å². The zero-order valence-corrected chi connectivity index (χ0v) is 13.4. The van der Waals surface area contributed by atoms with Crippen LogP contribution < -0.4 is 0 Å². The number of ether oxygens (including phenoxy) is 5. The molecule has 0 aromatic rings. The summed E-state index contributed by atoms with van der Waals surface area (Å²) in [6.45, 7) is 6.96. The minimum atomic E-state index is -0.886. The van der Waals surface area contributed by atoms with E-state index in [1.54, 1.807) is 33.8 Å². The van der Waals surface area contributed by atoms with Crippen LogP contribution in [0.15, 0.2) is 12.2 Å². The van der Waals surface area contributed by atoms with Gasteiger partial charge in [-0.3, -0.25) is 0 Å². The summed E-state index contributed by atoms with van der Waals surface area (Å²) in [6.07, 6.45) is 0.982. The number of rotatable bonds is 4. The monoisotopic (exact) mass is 314 g/mol. The quantitative estimate of drug-likeness (QED) is 0.434. The van der Waals surface area contributed by atoms with E-state index in [0.29, 0.717) is 6.29 Å². The average Bonchev–Trinajstić information content (AvgIpc) is 2.91. The minimum absolute atomic E-state index is 0.497. The van der Waals surface area contributed by atoms with Crippen molar-refractivity contribution in [2.24, 2.45) is 0 Å². The van der Waals surface area contributed by atoms with E-state index in [-0.39, 0.29) is 0 Å². The van der Waals surface area contributed by atoms with E-state index >= 15 is 0 Å². The highest BCUT2D eigenvalue weighted by atomic mass is 16.8. The molecule has 0 N–H and O–H groups in total. The molecule has 7 nitrogen and oxygen atoms in total. The predicted octanol–water partition coefficient (Wildman–Crippen LogP) is 0.955. The fourth-order valence-electron chi connectivity index (χ4n) is 2.64. The molecule has 0 radical (unpaired) electrons. The van der Waals surface area contributed by atoms with Gasteiger partial charge in [0.15, 0.2) is 17.9 Å². The Balaban J connectivity index is 2.20. The first-order chi connectivity index (χ1) is 10.2. The van der Waals surface area contributed by atoms with Crippen LogP contribution in [0.4, 0.5) is 0 Å². The number of methoxy groups -OCH3 is 1. The van der Waals surface area contributed by atoms with E-state index in [1.165, 1.54) is 13.2 Å². The molecule has 0 aromatic heterocycles. The highest BCUT2D eigenvalue weighted by Gasteiger charge is 2.53. The van der Waals surface area contributed by atoms with Crippen LogP contribution >= 0.6 is 0 Å². The van der Waals surface area contributed by atoms with Gasteiger partial charge in [-0.05, 0) is 33.8 Å². The van der Waals surface area contributed by atoms with Gasteiger partial charge in [0, 0.05) is 6.08 Å². The van der Waals surface area contributed by atoms with Crippen LogP contribution in [0.3, 0.4) is 0 Å². The molecule has 0 saturated carbocycles. The molecule has 0 aliphatic carbocycles. The summed E-state index contributed by atoms with van der Waals surface area (Å²) in [5.74, 6) is -2.25. The van der Waals surface area contributed by atoms with Crippen LogP contribution in [0.5, 0.6) is 0 Å². The van der Waals surface area contributed by atoms with Crippen molar-refractivity contribution >= 4 is 12.3 Å². The summed E-state index contributed by atoms with van der Waals surface area (Å²) in [6, 6.07) is 0. The molecule has 2 saturated heterocycles. The van der Waals surface area contributed by atoms with E-state index in [2.05, 4.69) is 4.74 Å². The summed E-state index contributed by atoms with van der Waals surface area (Å²) < 4.78 is 27.5. The smallest absolute Gasteiger partial charge is 0.330 e. The lowest BCUT2D eigenvalue weighted by atomic mass is 10.0. The molecule has 2 aliphatic heterocycles. The molecule has 2 heterocycles. The van der Waals surface area contributed by atoms with Crippen molar-refractivity contribution in [2.45, 2.75) is 63.7 Å². The number of carbonyl (C=O) groups is 2. The Morgan fingerprint density at radius 2 is 1.45 bits per heavy atom. The van der Waals surface area contributed by atoms with Crippen molar-refractivity contribution in [1.29, 1.82) is 0 Å². The van der Waals surface area contributed by atoms with Gasteiger partial charge in [-0.15, -0.1) is 0 Å². The van der Waals surface area contributed by atoms with Gasteiger partial charge in [0.2, 0.25) is 0 Å². The van der Waals surface area contributed by atoms with Crippen molar-refractivity contribution in [3.63, 3.8) is 0 Å². The average molecular weight is 314 g/mol. The minimum Gasteiger partial charge on any atom is -0.466 e. The van der Waals surface area contributed by atoms with Gasteiger partial charge in [0.25, 0.3) is 0 Å². The summed E-state index contributed by atoms with van der Waals surface area (Å²) in [5, 5.41) is 0. The van der Waals surface area contributed by atoms with Crippen molar-refractivity contribution < 1.29 is 33.3 Å². The van der Waals surface area contributed by atoms with Gasteiger partial charge >= 0.3 is 5.97 Å². The number of esters is 1. The van der Waals surface area contributed by atoms with Gasteiger partial charge in [-0.1, -0.05) is 0 Å². The van der Waals surface area contributed by atoms with Crippen LogP contribution in [-0.4, -0.2) is 55.4 Å². The van der Waals surface area contributed by atoms with Crippen LogP contribution in [0, 0.1) is 0 Å². The number of hydrogen-bond acceptors (Lipinski definition) is 7. The van der Waals surface area contributed by atoms with Gasteiger partial charge in [-0.25, -0.2) is 4.79 Å². The fraction of sp³-hybridized carbons (Fsp3) is 0.733.